The Kier molecular flexibility index (Phi) is 20.5. The summed E-state index contributed by atoms with van der Waals surface area (Å²) >= 11 is 0. The van der Waals surface area contributed by atoms with Gasteiger partial charge in [0.05, 0.1) is 33.0 Å². The lowest BCUT2D eigenvalue weighted by Crippen LogP contribution is -2.68. The fraction of sp³-hybridized carbons (Fsp3) is 0.944. The average Bonchev–Trinajstić information content (AvgIpc) is 3.29. The summed E-state index contributed by atoms with van der Waals surface area (Å²) in [6.45, 7) is -6.18. The summed E-state index contributed by atoms with van der Waals surface area (Å²) in [5, 5.41) is 158. The number of rotatable bonds is 21. The lowest BCUT2D eigenvalue weighted by Gasteiger charge is -2.50. The first-order chi connectivity index (χ1) is 31.3. The highest BCUT2D eigenvalue weighted by atomic mass is 16.8. The van der Waals surface area contributed by atoms with Gasteiger partial charge in [-0.25, -0.2) is 9.59 Å². The van der Waals surface area contributed by atoms with Crippen LogP contribution in [0.1, 0.15) is 0 Å². The molecule has 5 heterocycles. The third-order valence-electron chi connectivity index (χ3n) is 11.5. The zero-order chi connectivity index (χ0) is 48.7. The first kappa shape index (κ1) is 54.8. The summed E-state index contributed by atoms with van der Waals surface area (Å²) in [4.78, 5) is 22.5. The molecule has 0 saturated carbocycles. The fourth-order valence-corrected chi connectivity index (χ4v) is 8.07. The van der Waals surface area contributed by atoms with E-state index in [1.165, 1.54) is 7.11 Å². The summed E-state index contributed by atoms with van der Waals surface area (Å²) in [5.41, 5.74) is 0. The lowest BCUT2D eigenvalue weighted by molar-refractivity contribution is -0.394. The number of carbonyl (C=O) groups is 2. The van der Waals surface area contributed by atoms with Crippen LogP contribution in [0.4, 0.5) is 0 Å². The van der Waals surface area contributed by atoms with E-state index in [1.54, 1.807) is 0 Å². The Morgan fingerprint density at radius 2 is 0.727 bits per heavy atom. The third-order valence-corrected chi connectivity index (χ3v) is 11.5. The number of hydrogen-bond donors (Lipinski definition) is 15. The van der Waals surface area contributed by atoms with Crippen LogP contribution in [-0.4, -0.2) is 303 Å². The standard InChI is InChI=1S/C36H60O30/c1-54-26-10(3-37)58-33(22(50)17(26)45)64-29-13(6-40)61-36(31(25(29)53)57-9-16(43)44)66-28-12(5-39)60-34(24(52)20(28)48)63-27-11(4-38)59-35(23(51)19(27)47)65-30-14(7-56-8-15(41)42)62-32(55-2)21(49)18(30)46/h10-14,17-40,45-53H,3-9H2,1-2H3,(H,41,42)(H,43,44)/t10?,11?,12?,13?,14?,17?,18?,19?,20?,21?,22?,23?,24?,25?,26-,27-,28-,29-,30-,31?,32-,33+,34+,35+,36+/m1/s1. The number of ether oxygens (including phenoxy) is 13. The number of carboxylic acids is 2. The molecule has 30 heteroatoms. The molecule has 5 aliphatic rings. The molecular formula is C36H60O30. The number of aliphatic hydroxyl groups excluding tert-OH is 13. The number of aliphatic hydroxyl groups is 13. The Hall–Kier alpha value is -2.10. The monoisotopic (exact) mass is 972 g/mol. The Labute approximate surface area is 373 Å². The molecule has 0 bridgehead atoms. The normalized spacial score (nSPS) is 46.8. The highest BCUT2D eigenvalue weighted by Crippen LogP contribution is 2.36. The molecule has 15 N–H and O–H groups in total. The van der Waals surface area contributed by atoms with Gasteiger partial charge in [-0.3, -0.25) is 0 Å². The molecule has 25 atom stereocenters. The van der Waals surface area contributed by atoms with E-state index in [0.29, 0.717) is 0 Å². The first-order valence-electron chi connectivity index (χ1n) is 20.5. The maximum atomic E-state index is 11.5. The van der Waals surface area contributed by atoms with Gasteiger partial charge in [-0.15, -0.1) is 0 Å². The summed E-state index contributed by atoms with van der Waals surface area (Å²) in [7, 11) is 2.32. The second kappa shape index (κ2) is 24.6. The van der Waals surface area contributed by atoms with Crippen molar-refractivity contribution < 1.29 is 148 Å². The van der Waals surface area contributed by atoms with Crippen molar-refractivity contribution in [1.29, 1.82) is 0 Å². The molecule has 0 aliphatic carbocycles. The Morgan fingerprint density at radius 1 is 0.394 bits per heavy atom. The Bertz CT molecular complexity index is 1490. The van der Waals surface area contributed by atoms with E-state index in [9.17, 15) is 81.1 Å². The van der Waals surface area contributed by atoms with E-state index < -0.39 is 212 Å². The Morgan fingerprint density at radius 3 is 1.12 bits per heavy atom. The van der Waals surface area contributed by atoms with Gasteiger partial charge in [0.25, 0.3) is 0 Å². The first-order valence-corrected chi connectivity index (χ1v) is 20.5. The smallest absolute Gasteiger partial charge is 0.329 e. The van der Waals surface area contributed by atoms with E-state index in [-0.39, 0.29) is 0 Å². The summed E-state index contributed by atoms with van der Waals surface area (Å²) in [5.74, 6) is -2.91. The maximum Gasteiger partial charge on any atom is 0.329 e. The van der Waals surface area contributed by atoms with Crippen molar-refractivity contribution in [3.63, 3.8) is 0 Å². The molecule has 15 unspecified atom stereocenters. The van der Waals surface area contributed by atoms with Gasteiger partial charge in [0, 0.05) is 14.2 Å². The molecular weight excluding hydrogens is 912 g/mol. The second-order valence-electron chi connectivity index (χ2n) is 15.8. The molecule has 0 spiro atoms. The Balaban J connectivity index is 1.28. The maximum absolute atomic E-state index is 11.5. The fourth-order valence-electron chi connectivity index (χ4n) is 8.07. The predicted octanol–water partition coefficient (Wildman–Crippen LogP) is -10.4. The van der Waals surface area contributed by atoms with Gasteiger partial charge in [0.2, 0.25) is 0 Å². The van der Waals surface area contributed by atoms with Crippen molar-refractivity contribution in [3.05, 3.63) is 0 Å². The van der Waals surface area contributed by atoms with Crippen LogP contribution < -0.4 is 0 Å². The van der Waals surface area contributed by atoms with E-state index in [0.717, 1.165) is 7.11 Å². The summed E-state index contributed by atoms with van der Waals surface area (Å²) in [6.07, 6.45) is -44.7. The van der Waals surface area contributed by atoms with Gasteiger partial charge in [0.1, 0.15) is 135 Å². The molecule has 384 valence electrons. The van der Waals surface area contributed by atoms with E-state index in [2.05, 4.69) is 0 Å². The molecule has 0 radical (unpaired) electrons. The largest absolute Gasteiger partial charge is 0.480 e. The highest BCUT2D eigenvalue weighted by Gasteiger charge is 2.57. The van der Waals surface area contributed by atoms with Crippen molar-refractivity contribution in [2.24, 2.45) is 0 Å². The van der Waals surface area contributed by atoms with Crippen LogP contribution in [0.2, 0.25) is 0 Å². The molecule has 66 heavy (non-hydrogen) atoms. The average molecular weight is 973 g/mol. The molecule has 0 aromatic carbocycles. The van der Waals surface area contributed by atoms with E-state index in [4.69, 9.17) is 66.7 Å². The van der Waals surface area contributed by atoms with Crippen LogP contribution >= 0.6 is 0 Å². The molecule has 5 rings (SSSR count). The van der Waals surface area contributed by atoms with Crippen LogP contribution in [0.25, 0.3) is 0 Å². The van der Waals surface area contributed by atoms with Crippen LogP contribution in [0.15, 0.2) is 0 Å². The molecule has 0 aromatic heterocycles. The van der Waals surface area contributed by atoms with Gasteiger partial charge >= 0.3 is 11.9 Å². The highest BCUT2D eigenvalue weighted by molar-refractivity contribution is 5.68. The zero-order valence-corrected chi connectivity index (χ0v) is 35.2. The van der Waals surface area contributed by atoms with Crippen molar-refractivity contribution in [2.75, 3.05) is 60.5 Å². The molecule has 0 aromatic rings. The summed E-state index contributed by atoms with van der Waals surface area (Å²) < 4.78 is 71.6. The van der Waals surface area contributed by atoms with Crippen molar-refractivity contribution in [3.8, 4) is 0 Å². The third kappa shape index (κ3) is 12.2. The topological polar surface area (TPSA) is 458 Å². The van der Waals surface area contributed by atoms with E-state index in [1.807, 2.05) is 0 Å². The van der Waals surface area contributed by atoms with Crippen molar-refractivity contribution >= 4 is 11.9 Å². The van der Waals surface area contributed by atoms with Crippen molar-refractivity contribution in [2.45, 2.75) is 154 Å². The molecule has 5 saturated heterocycles. The molecule has 5 fully saturated rings. The lowest BCUT2D eigenvalue weighted by atomic mass is 9.95. The van der Waals surface area contributed by atoms with Crippen molar-refractivity contribution in [1.82, 2.24) is 0 Å². The predicted molar refractivity (Wildman–Crippen MR) is 199 cm³/mol. The number of hydrogen-bond acceptors (Lipinski definition) is 28. The number of methoxy groups -OCH3 is 2. The minimum atomic E-state index is -2.19. The van der Waals surface area contributed by atoms with E-state index >= 15 is 0 Å². The number of aliphatic carboxylic acids is 2. The number of carboxylic acid groups (broad SMARTS) is 2. The van der Waals surface area contributed by atoms with Gasteiger partial charge in [0.15, 0.2) is 31.5 Å². The minimum Gasteiger partial charge on any atom is -0.480 e. The zero-order valence-electron chi connectivity index (χ0n) is 35.2. The van der Waals surface area contributed by atoms with Crippen LogP contribution in [0.3, 0.4) is 0 Å². The SMILES string of the molecule is CO[C@@H]1OC(COCC(=O)O)[C@@H](O[C@@H]2OC(CO)[C@@H](O[C@@H]3OC(CO)[C@@H](O[C@@H]4OC(CO)[C@@H](O[C@@H]5OC(CO)[C@@H](OC)C(O)C5O)C(O)C4OCC(=O)O)C(O)C3O)C(O)C2O)C(O)C1O. The van der Waals surface area contributed by atoms with Gasteiger partial charge in [-0.2, -0.15) is 0 Å². The van der Waals surface area contributed by atoms with Gasteiger partial charge in [-0.1, -0.05) is 0 Å². The van der Waals surface area contributed by atoms with Crippen LogP contribution in [0.5, 0.6) is 0 Å². The minimum absolute atomic E-state index is 0.549. The van der Waals surface area contributed by atoms with Gasteiger partial charge < -0.3 is 138 Å². The molecule has 0 amide bonds. The summed E-state index contributed by atoms with van der Waals surface area (Å²) in [6, 6.07) is 0. The van der Waals surface area contributed by atoms with Gasteiger partial charge in [-0.05, 0) is 0 Å². The molecule has 30 nitrogen and oxygen atoms in total. The van der Waals surface area contributed by atoms with Crippen LogP contribution in [0, 0.1) is 0 Å². The quantitative estimate of drug-likeness (QED) is 0.0508. The van der Waals surface area contributed by atoms with Crippen LogP contribution in [-0.2, 0) is 71.2 Å². The second-order valence-corrected chi connectivity index (χ2v) is 15.8. The molecule has 5 aliphatic heterocycles.